The summed E-state index contributed by atoms with van der Waals surface area (Å²) in [6.45, 7) is 0. The fourth-order valence-electron chi connectivity index (χ4n) is 0.800. The Bertz CT molecular complexity index is 290. The molecule has 0 aliphatic rings. The van der Waals surface area contributed by atoms with Crippen molar-refractivity contribution in [1.82, 2.24) is 0 Å². The molecule has 0 amide bonds. The Hall–Kier alpha value is -0.390. The number of benzene rings is 1. The molecular formula is C8H9ClF3NS. The zero-order valence-electron chi connectivity index (χ0n) is 7.14. The van der Waals surface area contributed by atoms with Gasteiger partial charge < -0.3 is 18.1 Å². The van der Waals surface area contributed by atoms with Crippen LogP contribution < -0.4 is 18.1 Å². The fourth-order valence-corrected chi connectivity index (χ4v) is 1.54. The second-order valence-electron chi connectivity index (χ2n) is 2.55. The second kappa shape index (κ2) is 5.48. The molecule has 0 heterocycles. The summed E-state index contributed by atoms with van der Waals surface area (Å²) in [5.74, 6) is -0.851. The van der Waals surface area contributed by atoms with Gasteiger partial charge in [0.25, 0.3) is 0 Å². The van der Waals surface area contributed by atoms with Gasteiger partial charge in [0.2, 0.25) is 0 Å². The first-order valence-corrected chi connectivity index (χ1v) is 4.57. The fraction of sp³-hybridized carbons (Fsp3) is 0.250. The summed E-state index contributed by atoms with van der Waals surface area (Å²) in [4.78, 5) is 0.602. The normalized spacial score (nSPS) is 10.9. The summed E-state index contributed by atoms with van der Waals surface area (Å²) < 4.78 is 35.4. The number of thioether (sulfide) groups is 1. The molecule has 0 spiro atoms. The van der Waals surface area contributed by atoms with Gasteiger partial charge in [-0.3, -0.25) is 0 Å². The van der Waals surface area contributed by atoms with Gasteiger partial charge in [0, 0.05) is 11.0 Å². The van der Waals surface area contributed by atoms with Gasteiger partial charge >= 0.3 is 6.18 Å². The van der Waals surface area contributed by atoms with Crippen LogP contribution in [0.1, 0.15) is 0 Å². The zero-order valence-corrected chi connectivity index (χ0v) is 8.72. The second-order valence-corrected chi connectivity index (χ2v) is 3.60. The maximum Gasteiger partial charge on any atom is 0.398 e. The monoisotopic (exact) mass is 243 g/mol. The molecule has 14 heavy (non-hydrogen) atoms. The molecule has 0 aliphatic heterocycles. The minimum Gasteiger partial charge on any atom is -1.00 e. The van der Waals surface area contributed by atoms with Crippen molar-refractivity contribution in [2.75, 3.05) is 5.75 Å². The summed E-state index contributed by atoms with van der Waals surface area (Å²) >= 11 is 0.777. The Morgan fingerprint density at radius 2 is 1.93 bits per heavy atom. The maximum absolute atomic E-state index is 11.8. The first-order chi connectivity index (χ1) is 5.97. The van der Waals surface area contributed by atoms with E-state index in [9.17, 15) is 13.2 Å². The minimum absolute atomic E-state index is 0. The van der Waals surface area contributed by atoms with Crippen molar-refractivity contribution in [2.24, 2.45) is 0 Å². The van der Waals surface area contributed by atoms with Gasteiger partial charge in [-0.15, -0.1) is 11.8 Å². The lowest BCUT2D eigenvalue weighted by Gasteiger charge is -2.05. The highest BCUT2D eigenvalue weighted by atomic mass is 35.5. The molecule has 80 valence electrons. The van der Waals surface area contributed by atoms with E-state index in [4.69, 9.17) is 0 Å². The molecule has 1 rings (SSSR count). The number of rotatable bonds is 2. The van der Waals surface area contributed by atoms with Crippen molar-refractivity contribution in [1.29, 1.82) is 0 Å². The van der Waals surface area contributed by atoms with Crippen LogP contribution in [0, 0.1) is 0 Å². The average molecular weight is 244 g/mol. The minimum atomic E-state index is -4.11. The maximum atomic E-state index is 11.8. The molecular weight excluding hydrogens is 235 g/mol. The van der Waals surface area contributed by atoms with Gasteiger partial charge in [-0.25, -0.2) is 0 Å². The average Bonchev–Trinajstić information content (AvgIpc) is 2.00. The van der Waals surface area contributed by atoms with Crippen LogP contribution in [0.15, 0.2) is 29.2 Å². The summed E-state index contributed by atoms with van der Waals surface area (Å²) in [6.07, 6.45) is -4.11. The molecule has 0 atom stereocenters. The van der Waals surface area contributed by atoms with Gasteiger partial charge in [0.1, 0.15) is 5.69 Å². The molecule has 0 saturated carbocycles. The van der Waals surface area contributed by atoms with E-state index in [2.05, 4.69) is 5.73 Å². The van der Waals surface area contributed by atoms with Crippen LogP contribution in [0.5, 0.6) is 0 Å². The van der Waals surface area contributed by atoms with Crippen molar-refractivity contribution in [3.8, 4) is 0 Å². The molecule has 1 aromatic rings. The van der Waals surface area contributed by atoms with Crippen LogP contribution in [0.2, 0.25) is 0 Å². The molecule has 6 heteroatoms. The third-order valence-corrected chi connectivity index (χ3v) is 2.36. The van der Waals surface area contributed by atoms with E-state index in [1.165, 1.54) is 0 Å². The zero-order chi connectivity index (χ0) is 9.90. The number of halogens is 4. The van der Waals surface area contributed by atoms with E-state index in [1.807, 2.05) is 0 Å². The quantitative estimate of drug-likeness (QED) is 0.678. The Morgan fingerprint density at radius 3 is 2.43 bits per heavy atom. The van der Waals surface area contributed by atoms with Crippen LogP contribution >= 0.6 is 11.8 Å². The van der Waals surface area contributed by atoms with Crippen molar-refractivity contribution in [3.63, 3.8) is 0 Å². The number of quaternary nitrogens is 1. The topological polar surface area (TPSA) is 27.6 Å². The smallest absolute Gasteiger partial charge is 0.398 e. The lowest BCUT2D eigenvalue weighted by Crippen LogP contribution is -3.00. The number of alkyl halides is 3. The molecule has 0 saturated heterocycles. The Balaban J connectivity index is 0.00000169. The van der Waals surface area contributed by atoms with Gasteiger partial charge in [-0.2, -0.15) is 13.2 Å². The van der Waals surface area contributed by atoms with E-state index < -0.39 is 11.9 Å². The van der Waals surface area contributed by atoms with E-state index in [-0.39, 0.29) is 12.4 Å². The summed E-state index contributed by atoms with van der Waals surface area (Å²) in [5, 5.41) is 0. The summed E-state index contributed by atoms with van der Waals surface area (Å²) in [7, 11) is 0. The van der Waals surface area contributed by atoms with Crippen LogP contribution in [-0.2, 0) is 0 Å². The van der Waals surface area contributed by atoms with Crippen LogP contribution in [0.25, 0.3) is 0 Å². The van der Waals surface area contributed by atoms with E-state index in [0.29, 0.717) is 4.90 Å². The Labute approximate surface area is 90.3 Å². The van der Waals surface area contributed by atoms with E-state index >= 15 is 0 Å². The van der Waals surface area contributed by atoms with Gasteiger partial charge in [0.15, 0.2) is 0 Å². The van der Waals surface area contributed by atoms with Crippen molar-refractivity contribution in [3.05, 3.63) is 24.3 Å². The van der Waals surface area contributed by atoms with Crippen molar-refractivity contribution in [2.45, 2.75) is 11.1 Å². The predicted molar refractivity (Wildman–Crippen MR) is 45.8 cm³/mol. The molecule has 0 unspecified atom stereocenters. The molecule has 0 aromatic heterocycles. The molecule has 1 nitrogen and oxygen atoms in total. The number of hydrogen-bond acceptors (Lipinski definition) is 1. The van der Waals surface area contributed by atoms with Crippen LogP contribution in [0.4, 0.5) is 18.9 Å². The highest BCUT2D eigenvalue weighted by Gasteiger charge is 2.27. The highest BCUT2D eigenvalue weighted by molar-refractivity contribution is 7.99. The summed E-state index contributed by atoms with van der Waals surface area (Å²) in [6, 6.07) is 6.72. The Morgan fingerprint density at radius 1 is 1.29 bits per heavy atom. The molecule has 0 radical (unpaired) electrons. The largest absolute Gasteiger partial charge is 1.00 e. The van der Waals surface area contributed by atoms with Crippen LogP contribution in [0.3, 0.4) is 0 Å². The summed E-state index contributed by atoms with van der Waals surface area (Å²) in [5.41, 5.74) is 4.36. The Kier molecular flexibility index (Phi) is 5.33. The van der Waals surface area contributed by atoms with Crippen molar-refractivity contribution < 1.29 is 31.3 Å². The van der Waals surface area contributed by atoms with E-state index in [1.54, 1.807) is 24.3 Å². The van der Waals surface area contributed by atoms with Crippen molar-refractivity contribution >= 4 is 17.4 Å². The van der Waals surface area contributed by atoms with Gasteiger partial charge in [-0.05, 0) is 12.1 Å². The standard InChI is InChI=1S/C8H8F3NS.ClH/c9-8(10,11)5-13-7-3-1-2-6(12)4-7;/h1-4H,5,12H2;1H. The van der Waals surface area contributed by atoms with Gasteiger partial charge in [-0.1, -0.05) is 6.07 Å². The molecule has 3 N–H and O–H groups in total. The highest BCUT2D eigenvalue weighted by Crippen LogP contribution is 2.27. The number of hydrogen-bond donors (Lipinski definition) is 1. The third kappa shape index (κ3) is 5.36. The first kappa shape index (κ1) is 13.6. The van der Waals surface area contributed by atoms with E-state index in [0.717, 1.165) is 17.4 Å². The van der Waals surface area contributed by atoms with Crippen LogP contribution in [-0.4, -0.2) is 11.9 Å². The predicted octanol–water partition coefficient (Wildman–Crippen LogP) is -0.782. The SMILES string of the molecule is [Cl-].[NH3+]c1cccc(SCC(F)(F)F)c1. The molecule has 0 fully saturated rings. The molecule has 1 aromatic carbocycles. The third-order valence-electron chi connectivity index (χ3n) is 1.30. The first-order valence-electron chi connectivity index (χ1n) is 3.59. The van der Waals surface area contributed by atoms with Gasteiger partial charge in [0.05, 0.1) is 5.75 Å². The molecule has 0 aliphatic carbocycles. The lowest BCUT2D eigenvalue weighted by molar-refractivity contribution is -0.255. The lowest BCUT2D eigenvalue weighted by atomic mass is 10.3. The molecule has 0 bridgehead atoms.